The summed E-state index contributed by atoms with van der Waals surface area (Å²) in [5.41, 5.74) is -0.163. The molecular weight excluding hydrogens is 287 g/mol. The molecular formula is C15H19ClF3N. The molecule has 5 heteroatoms. The molecule has 1 saturated carbocycles. The third-order valence-electron chi connectivity index (χ3n) is 4.67. The van der Waals surface area contributed by atoms with Gasteiger partial charge in [-0.05, 0) is 51.6 Å². The smallest absolute Gasteiger partial charge is 0.306 e. The van der Waals surface area contributed by atoms with E-state index in [1.54, 1.807) is 6.07 Å². The van der Waals surface area contributed by atoms with Gasteiger partial charge >= 0.3 is 6.18 Å². The molecule has 0 bridgehead atoms. The van der Waals surface area contributed by atoms with Gasteiger partial charge in [-0.3, -0.25) is 0 Å². The maximum absolute atomic E-state index is 13.0. The normalized spacial score (nSPS) is 19.8. The van der Waals surface area contributed by atoms with Gasteiger partial charge in [-0.1, -0.05) is 24.1 Å². The van der Waals surface area contributed by atoms with Crippen molar-refractivity contribution in [3.8, 4) is 0 Å². The zero-order chi connectivity index (χ0) is 15.1. The van der Waals surface area contributed by atoms with Crippen LogP contribution in [-0.4, -0.2) is 25.0 Å². The molecule has 0 N–H and O–H groups in total. The van der Waals surface area contributed by atoms with Gasteiger partial charge in [0.05, 0.1) is 10.6 Å². The molecule has 20 heavy (non-hydrogen) atoms. The number of hydrogen-bond donors (Lipinski definition) is 0. The van der Waals surface area contributed by atoms with Crippen molar-refractivity contribution < 1.29 is 13.2 Å². The van der Waals surface area contributed by atoms with Crippen LogP contribution < -0.4 is 0 Å². The Morgan fingerprint density at radius 3 is 2.25 bits per heavy atom. The highest BCUT2D eigenvalue weighted by molar-refractivity contribution is 6.31. The fourth-order valence-corrected chi connectivity index (χ4v) is 3.28. The number of rotatable bonds is 3. The molecule has 112 valence electrons. The number of benzene rings is 1. The predicted octanol–water partition coefficient (Wildman–Crippen LogP) is 4.73. The van der Waals surface area contributed by atoms with Crippen LogP contribution in [0.3, 0.4) is 0 Å². The summed E-state index contributed by atoms with van der Waals surface area (Å²) < 4.78 is 39.0. The highest BCUT2D eigenvalue weighted by Gasteiger charge is 2.45. The quantitative estimate of drug-likeness (QED) is 0.780. The molecule has 1 aliphatic rings. The van der Waals surface area contributed by atoms with Crippen LogP contribution >= 0.6 is 11.6 Å². The minimum Gasteiger partial charge on any atom is -0.306 e. The van der Waals surface area contributed by atoms with Crippen molar-refractivity contribution in [3.05, 3.63) is 34.3 Å². The standard InChI is InChI=1S/C15H19ClF3N/c1-10(20(2)3)14(7-4-8-14)11-5-6-13(16)12(9-11)15(17,18)19/h5-6,9-10H,4,7-8H2,1-3H3. The molecule has 0 saturated heterocycles. The summed E-state index contributed by atoms with van der Waals surface area (Å²) >= 11 is 5.70. The summed E-state index contributed by atoms with van der Waals surface area (Å²) in [5, 5.41) is -0.228. The first-order valence-corrected chi connectivity index (χ1v) is 7.10. The average molecular weight is 306 g/mol. The molecule has 1 aliphatic carbocycles. The fourth-order valence-electron chi connectivity index (χ4n) is 3.05. The van der Waals surface area contributed by atoms with Crippen molar-refractivity contribution in [1.82, 2.24) is 4.90 Å². The first kappa shape index (κ1) is 15.6. The molecule has 2 rings (SSSR count). The van der Waals surface area contributed by atoms with Crippen LogP contribution in [-0.2, 0) is 11.6 Å². The number of hydrogen-bond acceptors (Lipinski definition) is 1. The molecule has 1 atom stereocenters. The van der Waals surface area contributed by atoms with Crippen LogP contribution in [0.25, 0.3) is 0 Å². The topological polar surface area (TPSA) is 3.24 Å². The SMILES string of the molecule is CC(N(C)C)C1(c2ccc(Cl)c(C(F)(F)F)c2)CCC1. The van der Waals surface area contributed by atoms with Gasteiger partial charge in [0.1, 0.15) is 0 Å². The number of halogens is 4. The summed E-state index contributed by atoms with van der Waals surface area (Å²) in [4.78, 5) is 2.07. The van der Waals surface area contributed by atoms with Crippen molar-refractivity contribution in [3.63, 3.8) is 0 Å². The van der Waals surface area contributed by atoms with Crippen LogP contribution in [0, 0.1) is 0 Å². The maximum Gasteiger partial charge on any atom is 0.417 e. The molecule has 1 unspecified atom stereocenters. The van der Waals surface area contributed by atoms with Gasteiger partial charge in [-0.2, -0.15) is 13.2 Å². The summed E-state index contributed by atoms with van der Waals surface area (Å²) in [6.45, 7) is 2.07. The Hall–Kier alpha value is -0.740. The van der Waals surface area contributed by atoms with E-state index in [9.17, 15) is 13.2 Å². The predicted molar refractivity (Wildman–Crippen MR) is 75.1 cm³/mol. The van der Waals surface area contributed by atoms with Gasteiger partial charge in [0.25, 0.3) is 0 Å². The molecule has 0 aliphatic heterocycles. The maximum atomic E-state index is 13.0. The monoisotopic (exact) mass is 305 g/mol. The van der Waals surface area contributed by atoms with Gasteiger partial charge in [0, 0.05) is 11.5 Å². The Morgan fingerprint density at radius 2 is 1.85 bits per heavy atom. The molecule has 0 spiro atoms. The Labute approximate surface area is 122 Å². The highest BCUT2D eigenvalue weighted by atomic mass is 35.5. The molecule has 1 aromatic rings. The highest BCUT2D eigenvalue weighted by Crippen LogP contribution is 2.49. The zero-order valence-corrected chi connectivity index (χ0v) is 12.6. The summed E-state index contributed by atoms with van der Waals surface area (Å²) in [6, 6.07) is 4.55. The van der Waals surface area contributed by atoms with Crippen molar-refractivity contribution in [1.29, 1.82) is 0 Å². The first-order valence-electron chi connectivity index (χ1n) is 6.72. The number of nitrogens with zero attached hydrogens (tertiary/aromatic N) is 1. The van der Waals surface area contributed by atoms with Crippen LogP contribution in [0.1, 0.15) is 37.3 Å². The van der Waals surface area contributed by atoms with Crippen LogP contribution in [0.2, 0.25) is 5.02 Å². The Bertz CT molecular complexity index is 492. The molecule has 0 radical (unpaired) electrons. The van der Waals surface area contributed by atoms with Gasteiger partial charge in [0.15, 0.2) is 0 Å². The molecule has 1 aromatic carbocycles. The number of alkyl halides is 3. The largest absolute Gasteiger partial charge is 0.417 e. The van der Waals surface area contributed by atoms with E-state index in [1.165, 1.54) is 12.1 Å². The van der Waals surface area contributed by atoms with E-state index >= 15 is 0 Å². The van der Waals surface area contributed by atoms with E-state index in [0.717, 1.165) is 24.8 Å². The fraction of sp³-hybridized carbons (Fsp3) is 0.600. The summed E-state index contributed by atoms with van der Waals surface area (Å²) in [7, 11) is 3.93. The minimum absolute atomic E-state index is 0.186. The number of likely N-dealkylation sites (N-methyl/N-ethyl adjacent to an activating group) is 1. The lowest BCUT2D eigenvalue weighted by Crippen LogP contribution is -2.50. The second-order valence-corrected chi connectivity index (χ2v) is 6.25. The minimum atomic E-state index is -4.40. The third kappa shape index (κ3) is 2.56. The Kier molecular flexibility index (Phi) is 4.09. The van der Waals surface area contributed by atoms with Crippen molar-refractivity contribution in [2.45, 2.75) is 43.8 Å². The molecule has 1 fully saturated rings. The molecule has 1 nitrogen and oxygen atoms in total. The lowest BCUT2D eigenvalue weighted by atomic mass is 9.60. The van der Waals surface area contributed by atoms with E-state index in [0.29, 0.717) is 0 Å². The van der Waals surface area contributed by atoms with Crippen LogP contribution in [0.5, 0.6) is 0 Å². The van der Waals surface area contributed by atoms with E-state index in [4.69, 9.17) is 11.6 Å². The van der Waals surface area contributed by atoms with Crippen molar-refractivity contribution in [2.75, 3.05) is 14.1 Å². The van der Waals surface area contributed by atoms with Crippen LogP contribution in [0.15, 0.2) is 18.2 Å². The summed E-state index contributed by atoms with van der Waals surface area (Å²) in [5.74, 6) is 0. The van der Waals surface area contributed by atoms with Crippen molar-refractivity contribution in [2.24, 2.45) is 0 Å². The first-order chi connectivity index (χ1) is 9.18. The zero-order valence-electron chi connectivity index (χ0n) is 11.9. The lowest BCUT2D eigenvalue weighted by molar-refractivity contribution is -0.137. The second-order valence-electron chi connectivity index (χ2n) is 5.84. The van der Waals surface area contributed by atoms with E-state index in [1.807, 2.05) is 14.1 Å². The van der Waals surface area contributed by atoms with Gasteiger partial charge in [0.2, 0.25) is 0 Å². The van der Waals surface area contributed by atoms with E-state index in [2.05, 4.69) is 11.8 Å². The molecule has 0 heterocycles. The third-order valence-corrected chi connectivity index (χ3v) is 5.00. The van der Waals surface area contributed by atoms with Crippen molar-refractivity contribution >= 4 is 11.6 Å². The molecule has 0 aromatic heterocycles. The van der Waals surface area contributed by atoms with E-state index in [-0.39, 0.29) is 16.5 Å². The second kappa shape index (κ2) is 5.23. The van der Waals surface area contributed by atoms with Gasteiger partial charge in [-0.25, -0.2) is 0 Å². The van der Waals surface area contributed by atoms with E-state index < -0.39 is 11.7 Å². The van der Waals surface area contributed by atoms with Gasteiger partial charge in [-0.15, -0.1) is 0 Å². The Morgan fingerprint density at radius 1 is 1.25 bits per heavy atom. The molecule has 0 amide bonds. The Balaban J connectivity index is 2.47. The van der Waals surface area contributed by atoms with Gasteiger partial charge < -0.3 is 4.90 Å². The van der Waals surface area contributed by atoms with Crippen LogP contribution in [0.4, 0.5) is 13.2 Å². The summed E-state index contributed by atoms with van der Waals surface area (Å²) in [6.07, 6.45) is -1.50. The average Bonchev–Trinajstić information content (AvgIpc) is 2.27. The lowest BCUT2D eigenvalue weighted by Gasteiger charge is -2.49.